The summed E-state index contributed by atoms with van der Waals surface area (Å²) < 4.78 is 5.75. The lowest BCUT2D eigenvalue weighted by atomic mass is 9.99. The number of thiophene rings is 1. The summed E-state index contributed by atoms with van der Waals surface area (Å²) in [5.41, 5.74) is 0.589. The van der Waals surface area contributed by atoms with E-state index >= 15 is 0 Å². The van der Waals surface area contributed by atoms with Crippen LogP contribution in [0.5, 0.6) is 5.75 Å². The molecule has 1 fully saturated rings. The highest BCUT2D eigenvalue weighted by molar-refractivity contribution is 7.10. The molecule has 7 heteroatoms. The zero-order chi connectivity index (χ0) is 21.8. The molecule has 6 nitrogen and oxygen atoms in total. The Kier molecular flexibility index (Phi) is 6.95. The zero-order valence-corrected chi connectivity index (χ0v) is 18.6. The Balaban J connectivity index is 2.02. The van der Waals surface area contributed by atoms with Crippen molar-refractivity contribution in [2.75, 3.05) is 33.8 Å². The summed E-state index contributed by atoms with van der Waals surface area (Å²) in [6.07, 6.45) is 0. The molecule has 0 saturated carbocycles. The molecule has 1 aliphatic rings. The van der Waals surface area contributed by atoms with Gasteiger partial charge in [0, 0.05) is 23.5 Å². The minimum Gasteiger partial charge on any atom is -0.507 e. The van der Waals surface area contributed by atoms with Gasteiger partial charge in [0.1, 0.15) is 11.5 Å². The summed E-state index contributed by atoms with van der Waals surface area (Å²) in [4.78, 5) is 30.1. The maximum absolute atomic E-state index is 12.9. The van der Waals surface area contributed by atoms with Crippen molar-refractivity contribution in [3.05, 3.63) is 57.8 Å². The minimum atomic E-state index is -0.654. The number of ether oxygens (including phenoxy) is 1. The fourth-order valence-corrected chi connectivity index (χ4v) is 4.16. The molecule has 1 atom stereocenters. The maximum Gasteiger partial charge on any atom is 0.295 e. The van der Waals surface area contributed by atoms with E-state index in [1.54, 1.807) is 23.1 Å². The second kappa shape index (κ2) is 9.45. The number of likely N-dealkylation sites (tertiary alicyclic amines) is 1. The molecule has 160 valence electrons. The number of hydrogen-bond acceptors (Lipinski definition) is 6. The van der Waals surface area contributed by atoms with Crippen molar-refractivity contribution in [2.24, 2.45) is 5.92 Å². The number of Topliss-reactive ketones (excluding diaryl/α,β-unsaturated/α-hetero) is 1. The zero-order valence-electron chi connectivity index (χ0n) is 17.8. The van der Waals surface area contributed by atoms with E-state index in [1.807, 2.05) is 42.6 Å². The molecule has 1 aromatic carbocycles. The van der Waals surface area contributed by atoms with Crippen molar-refractivity contribution >= 4 is 28.8 Å². The van der Waals surface area contributed by atoms with E-state index in [-0.39, 0.29) is 11.3 Å². The molecule has 0 bridgehead atoms. The lowest BCUT2D eigenvalue weighted by molar-refractivity contribution is -0.140. The summed E-state index contributed by atoms with van der Waals surface area (Å²) in [6, 6.07) is 10.2. The van der Waals surface area contributed by atoms with Crippen LogP contribution in [-0.4, -0.2) is 60.4 Å². The van der Waals surface area contributed by atoms with Crippen LogP contribution in [0.1, 0.15) is 30.3 Å². The van der Waals surface area contributed by atoms with Gasteiger partial charge in [0.05, 0.1) is 18.2 Å². The van der Waals surface area contributed by atoms with E-state index < -0.39 is 17.7 Å². The van der Waals surface area contributed by atoms with Crippen LogP contribution < -0.4 is 4.74 Å². The van der Waals surface area contributed by atoms with E-state index in [2.05, 4.69) is 13.8 Å². The van der Waals surface area contributed by atoms with Gasteiger partial charge in [-0.1, -0.05) is 32.0 Å². The number of ketones is 1. The summed E-state index contributed by atoms with van der Waals surface area (Å²) in [7, 11) is 3.83. The van der Waals surface area contributed by atoms with Gasteiger partial charge in [-0.25, -0.2) is 0 Å². The number of amides is 1. The van der Waals surface area contributed by atoms with Crippen molar-refractivity contribution in [2.45, 2.75) is 19.9 Å². The Bertz CT molecular complexity index is 934. The number of carbonyl (C=O) groups is 2. The van der Waals surface area contributed by atoms with Crippen LogP contribution >= 0.6 is 11.3 Å². The molecule has 30 heavy (non-hydrogen) atoms. The smallest absolute Gasteiger partial charge is 0.295 e. The fraction of sp³-hybridized carbons (Fsp3) is 0.391. The molecule has 0 radical (unpaired) electrons. The van der Waals surface area contributed by atoms with Crippen LogP contribution in [-0.2, 0) is 9.59 Å². The van der Waals surface area contributed by atoms with Crippen molar-refractivity contribution in [1.29, 1.82) is 0 Å². The van der Waals surface area contributed by atoms with Crippen molar-refractivity contribution in [3.63, 3.8) is 0 Å². The number of nitrogens with zero attached hydrogens (tertiary/aromatic N) is 2. The first kappa shape index (κ1) is 22.1. The number of carbonyl (C=O) groups excluding carboxylic acids is 2. The highest BCUT2D eigenvalue weighted by Crippen LogP contribution is 2.41. The van der Waals surface area contributed by atoms with Crippen molar-refractivity contribution in [3.8, 4) is 5.75 Å². The van der Waals surface area contributed by atoms with E-state index in [1.165, 1.54) is 11.3 Å². The van der Waals surface area contributed by atoms with Crippen LogP contribution in [0, 0.1) is 5.92 Å². The van der Waals surface area contributed by atoms with Crippen LogP contribution in [0.25, 0.3) is 5.76 Å². The van der Waals surface area contributed by atoms with Gasteiger partial charge < -0.3 is 19.6 Å². The van der Waals surface area contributed by atoms with Crippen molar-refractivity contribution < 1.29 is 19.4 Å². The Hall–Kier alpha value is -2.64. The standard InChI is InChI=1S/C23H28N2O4S/c1-15(2)14-29-17-8-5-7-16(13-17)21(26)19-20(18-9-6-12-30-18)25(11-10-24(3)4)23(28)22(19)27/h5-9,12-13,15,20,26H,10-11,14H2,1-4H3/b21-19-. The number of aliphatic hydroxyl groups excluding tert-OH is 1. The molecular formula is C23H28N2O4S. The summed E-state index contributed by atoms with van der Waals surface area (Å²) in [6.45, 7) is 5.68. The number of likely N-dealkylation sites (N-methyl/N-ethyl adjacent to an activating group) is 1. The van der Waals surface area contributed by atoms with Gasteiger partial charge in [-0.3, -0.25) is 9.59 Å². The largest absolute Gasteiger partial charge is 0.507 e. The average Bonchev–Trinajstić information content (AvgIpc) is 3.32. The molecule has 3 rings (SSSR count). The molecule has 1 N–H and O–H groups in total. The summed E-state index contributed by atoms with van der Waals surface area (Å²) >= 11 is 1.46. The Morgan fingerprint density at radius 1 is 1.23 bits per heavy atom. The first-order chi connectivity index (χ1) is 14.3. The van der Waals surface area contributed by atoms with E-state index in [4.69, 9.17) is 4.74 Å². The lowest BCUT2D eigenvalue weighted by Crippen LogP contribution is -2.35. The first-order valence-electron chi connectivity index (χ1n) is 9.99. The molecule has 0 aliphatic carbocycles. The Morgan fingerprint density at radius 2 is 2.00 bits per heavy atom. The molecule has 1 saturated heterocycles. The first-order valence-corrected chi connectivity index (χ1v) is 10.9. The summed E-state index contributed by atoms with van der Waals surface area (Å²) in [5.74, 6) is -0.429. The minimum absolute atomic E-state index is 0.127. The van der Waals surface area contributed by atoms with Gasteiger partial charge >= 0.3 is 0 Å². The molecular weight excluding hydrogens is 400 g/mol. The Labute approximate surface area is 181 Å². The second-order valence-corrected chi connectivity index (χ2v) is 9.02. The third-order valence-corrected chi connectivity index (χ3v) is 5.76. The van der Waals surface area contributed by atoms with Crippen LogP contribution in [0.15, 0.2) is 47.4 Å². The number of aliphatic hydroxyl groups is 1. The van der Waals surface area contributed by atoms with E-state index in [0.717, 1.165) is 4.88 Å². The predicted octanol–water partition coefficient (Wildman–Crippen LogP) is 3.77. The maximum atomic E-state index is 12.9. The van der Waals surface area contributed by atoms with Gasteiger partial charge in [0.15, 0.2) is 0 Å². The normalized spacial score (nSPS) is 18.6. The van der Waals surface area contributed by atoms with Gasteiger partial charge in [-0.2, -0.15) is 0 Å². The molecule has 0 spiro atoms. The number of benzene rings is 1. The van der Waals surface area contributed by atoms with Crippen LogP contribution in [0.4, 0.5) is 0 Å². The second-order valence-electron chi connectivity index (χ2n) is 8.04. The SMILES string of the molecule is CC(C)COc1cccc(/C(O)=C2/C(=O)C(=O)N(CCN(C)C)C2c2cccs2)c1. The van der Waals surface area contributed by atoms with Gasteiger partial charge in [-0.05, 0) is 43.6 Å². The number of hydrogen-bond donors (Lipinski definition) is 1. The fourth-order valence-electron chi connectivity index (χ4n) is 3.31. The predicted molar refractivity (Wildman–Crippen MR) is 119 cm³/mol. The molecule has 1 unspecified atom stereocenters. The Morgan fingerprint density at radius 3 is 2.63 bits per heavy atom. The quantitative estimate of drug-likeness (QED) is 0.394. The highest BCUT2D eigenvalue weighted by atomic mass is 32.1. The lowest BCUT2D eigenvalue weighted by Gasteiger charge is -2.25. The number of rotatable bonds is 8. The van der Waals surface area contributed by atoms with E-state index in [0.29, 0.717) is 36.9 Å². The van der Waals surface area contributed by atoms with Crippen LogP contribution in [0.3, 0.4) is 0 Å². The van der Waals surface area contributed by atoms with Gasteiger partial charge in [0.2, 0.25) is 0 Å². The molecule has 1 aromatic heterocycles. The monoisotopic (exact) mass is 428 g/mol. The highest BCUT2D eigenvalue weighted by Gasteiger charge is 2.46. The van der Waals surface area contributed by atoms with Gasteiger partial charge in [-0.15, -0.1) is 11.3 Å². The van der Waals surface area contributed by atoms with Crippen LogP contribution in [0.2, 0.25) is 0 Å². The molecule has 1 amide bonds. The third kappa shape index (κ3) is 4.74. The van der Waals surface area contributed by atoms with Crippen molar-refractivity contribution in [1.82, 2.24) is 9.80 Å². The topological polar surface area (TPSA) is 70.1 Å². The molecule has 2 aromatic rings. The average molecular weight is 429 g/mol. The third-order valence-electron chi connectivity index (χ3n) is 4.83. The summed E-state index contributed by atoms with van der Waals surface area (Å²) in [5, 5.41) is 13.0. The van der Waals surface area contributed by atoms with E-state index in [9.17, 15) is 14.7 Å². The molecule has 2 heterocycles. The van der Waals surface area contributed by atoms with Gasteiger partial charge in [0.25, 0.3) is 11.7 Å². The molecule has 1 aliphatic heterocycles.